The molecule has 0 N–H and O–H groups in total. The molecule has 0 heterocycles. The fourth-order valence-electron chi connectivity index (χ4n) is 5.01. The second kappa shape index (κ2) is 9.27. The number of aldehydes is 2. The molecule has 0 aliphatic heterocycles. The summed E-state index contributed by atoms with van der Waals surface area (Å²) in [6.45, 7) is 14.9. The van der Waals surface area contributed by atoms with E-state index < -0.39 is 0 Å². The molecule has 0 aromatic heterocycles. The molecule has 1 atom stereocenters. The van der Waals surface area contributed by atoms with Crippen LogP contribution in [0.5, 0.6) is 5.75 Å². The van der Waals surface area contributed by atoms with Gasteiger partial charge in [0.2, 0.25) is 0 Å². The summed E-state index contributed by atoms with van der Waals surface area (Å²) in [6.07, 6.45) is 12.1. The van der Waals surface area contributed by atoms with Crippen LogP contribution in [0.15, 0.2) is 28.9 Å². The molecular formula is C28H36O3. The van der Waals surface area contributed by atoms with E-state index in [0.29, 0.717) is 16.9 Å². The molecule has 0 saturated carbocycles. The summed E-state index contributed by atoms with van der Waals surface area (Å²) in [5.41, 5.74) is 6.45. The molecule has 1 unspecified atom stereocenters. The zero-order valence-corrected chi connectivity index (χ0v) is 20.3. The van der Waals surface area contributed by atoms with Gasteiger partial charge in [-0.05, 0) is 79.0 Å². The lowest BCUT2D eigenvalue weighted by Crippen LogP contribution is -2.17. The van der Waals surface area contributed by atoms with Gasteiger partial charge in [-0.15, -0.1) is 6.42 Å². The largest absolute Gasteiger partial charge is 0.496 e. The Balaban J connectivity index is 2.39. The fourth-order valence-corrected chi connectivity index (χ4v) is 5.01. The van der Waals surface area contributed by atoms with E-state index in [1.54, 1.807) is 7.11 Å². The van der Waals surface area contributed by atoms with Crippen LogP contribution in [-0.4, -0.2) is 19.7 Å². The summed E-state index contributed by atoms with van der Waals surface area (Å²) in [7, 11) is 1.63. The van der Waals surface area contributed by atoms with Crippen LogP contribution in [0.25, 0.3) is 0 Å². The van der Waals surface area contributed by atoms with Crippen molar-refractivity contribution in [1.29, 1.82) is 0 Å². The second-order valence-corrected chi connectivity index (χ2v) is 10.3. The number of rotatable bonds is 8. The van der Waals surface area contributed by atoms with Crippen molar-refractivity contribution in [3.8, 4) is 18.1 Å². The van der Waals surface area contributed by atoms with Crippen molar-refractivity contribution in [2.75, 3.05) is 7.11 Å². The third-order valence-electron chi connectivity index (χ3n) is 6.79. The van der Waals surface area contributed by atoms with E-state index in [1.165, 1.54) is 5.56 Å². The van der Waals surface area contributed by atoms with Gasteiger partial charge in [-0.25, -0.2) is 0 Å². The molecule has 3 heteroatoms. The third-order valence-corrected chi connectivity index (χ3v) is 6.79. The maximum absolute atomic E-state index is 12.1. The Bertz CT molecular complexity index is 980. The van der Waals surface area contributed by atoms with Gasteiger partial charge in [-0.2, -0.15) is 0 Å². The van der Waals surface area contributed by atoms with Crippen LogP contribution < -0.4 is 4.74 Å². The Labute approximate surface area is 188 Å². The molecule has 0 amide bonds. The Morgan fingerprint density at radius 1 is 1.32 bits per heavy atom. The summed E-state index contributed by atoms with van der Waals surface area (Å²) in [6, 6.07) is 2.20. The molecule has 0 saturated heterocycles. The minimum Gasteiger partial charge on any atom is -0.496 e. The second-order valence-electron chi connectivity index (χ2n) is 10.3. The highest BCUT2D eigenvalue weighted by Crippen LogP contribution is 2.53. The molecule has 31 heavy (non-hydrogen) atoms. The van der Waals surface area contributed by atoms with E-state index in [-0.39, 0.29) is 16.7 Å². The highest BCUT2D eigenvalue weighted by atomic mass is 16.5. The van der Waals surface area contributed by atoms with Crippen LogP contribution in [0.3, 0.4) is 0 Å². The minimum atomic E-state index is 0.0135. The highest BCUT2D eigenvalue weighted by molar-refractivity contribution is 5.85. The Hall–Kier alpha value is -2.60. The van der Waals surface area contributed by atoms with Crippen LogP contribution in [0.2, 0.25) is 0 Å². The summed E-state index contributed by atoms with van der Waals surface area (Å²) < 4.78 is 5.60. The van der Waals surface area contributed by atoms with Crippen LogP contribution >= 0.6 is 0 Å². The SMILES string of the molecule is C#C/C(C=O)=C(C)\C(C)=C/CC(C)(C)CC1CC(C)(C)c2cc(C)c(OC)c(C=O)c21. The van der Waals surface area contributed by atoms with Crippen molar-refractivity contribution >= 4 is 12.6 Å². The van der Waals surface area contributed by atoms with Gasteiger partial charge in [-0.3, -0.25) is 9.59 Å². The molecule has 0 spiro atoms. The van der Waals surface area contributed by atoms with E-state index in [9.17, 15) is 9.59 Å². The number of hydrogen-bond acceptors (Lipinski definition) is 3. The van der Waals surface area contributed by atoms with Crippen molar-refractivity contribution in [3.05, 3.63) is 51.1 Å². The van der Waals surface area contributed by atoms with Gasteiger partial charge in [0.05, 0.1) is 18.2 Å². The molecule has 0 fully saturated rings. The maximum Gasteiger partial charge on any atom is 0.158 e. The lowest BCUT2D eigenvalue weighted by Gasteiger charge is -2.29. The van der Waals surface area contributed by atoms with E-state index in [2.05, 4.69) is 45.8 Å². The number of hydrogen-bond donors (Lipinski definition) is 0. The molecule has 1 aromatic carbocycles. The summed E-state index contributed by atoms with van der Waals surface area (Å²) in [4.78, 5) is 23.3. The third kappa shape index (κ3) is 5.01. The molecule has 166 valence electrons. The predicted octanol–water partition coefficient (Wildman–Crippen LogP) is 6.48. The fraction of sp³-hybridized carbons (Fsp3) is 0.500. The summed E-state index contributed by atoms with van der Waals surface area (Å²) >= 11 is 0. The number of methoxy groups -OCH3 is 1. The van der Waals surface area contributed by atoms with Crippen molar-refractivity contribution in [3.63, 3.8) is 0 Å². The monoisotopic (exact) mass is 420 g/mol. The normalized spacial score (nSPS) is 18.7. The van der Waals surface area contributed by atoms with Crippen LogP contribution in [0.4, 0.5) is 0 Å². The quantitative estimate of drug-likeness (QED) is 0.209. The van der Waals surface area contributed by atoms with E-state index in [4.69, 9.17) is 11.2 Å². The minimum absolute atomic E-state index is 0.0135. The number of benzene rings is 1. The Morgan fingerprint density at radius 3 is 2.48 bits per heavy atom. The molecule has 1 aliphatic rings. The number of aryl methyl sites for hydroxylation is 1. The average molecular weight is 421 g/mol. The topological polar surface area (TPSA) is 43.4 Å². The Kier molecular flexibility index (Phi) is 7.37. The molecule has 3 nitrogen and oxygen atoms in total. The van der Waals surface area contributed by atoms with Crippen molar-refractivity contribution in [2.45, 2.75) is 79.1 Å². The van der Waals surface area contributed by atoms with Crippen LogP contribution in [-0.2, 0) is 10.2 Å². The predicted molar refractivity (Wildman–Crippen MR) is 128 cm³/mol. The van der Waals surface area contributed by atoms with Gasteiger partial charge in [0.25, 0.3) is 0 Å². The number of allylic oxidation sites excluding steroid dienone is 4. The number of carbonyl (C=O) groups excluding carboxylic acids is 2. The lowest BCUT2D eigenvalue weighted by atomic mass is 9.76. The van der Waals surface area contributed by atoms with Gasteiger partial charge in [0.1, 0.15) is 5.75 Å². The van der Waals surface area contributed by atoms with Crippen LogP contribution in [0.1, 0.15) is 93.8 Å². The molecular weight excluding hydrogens is 384 g/mol. The van der Waals surface area contributed by atoms with E-state index >= 15 is 0 Å². The first-order valence-electron chi connectivity index (χ1n) is 10.9. The number of terminal acetylenes is 1. The van der Waals surface area contributed by atoms with Gasteiger partial charge in [-0.1, -0.05) is 51.3 Å². The Morgan fingerprint density at radius 2 is 1.97 bits per heavy atom. The average Bonchev–Trinajstić information content (AvgIpc) is 2.94. The molecule has 1 aromatic rings. The highest BCUT2D eigenvalue weighted by Gasteiger charge is 2.41. The smallest absolute Gasteiger partial charge is 0.158 e. The maximum atomic E-state index is 12.1. The van der Waals surface area contributed by atoms with Gasteiger partial charge in [0.15, 0.2) is 12.6 Å². The first-order chi connectivity index (χ1) is 14.4. The van der Waals surface area contributed by atoms with Crippen molar-refractivity contribution < 1.29 is 14.3 Å². The van der Waals surface area contributed by atoms with Gasteiger partial charge in [0, 0.05) is 0 Å². The van der Waals surface area contributed by atoms with Crippen LogP contribution in [0, 0.1) is 24.7 Å². The molecule has 2 rings (SSSR count). The summed E-state index contributed by atoms with van der Waals surface area (Å²) in [5.74, 6) is 3.45. The zero-order valence-electron chi connectivity index (χ0n) is 20.3. The standard InChI is InChI=1S/C28H36O3/c1-10-21(16-29)20(4)18(2)11-12-27(5,6)14-22-15-28(7,8)24-13-19(3)26(31-9)23(17-30)25(22)24/h1,11,13,16-17,22H,12,14-15H2,2-9H3/b18-11-,21-20+. The van der Waals surface area contributed by atoms with Gasteiger partial charge < -0.3 is 4.74 Å². The first kappa shape index (κ1) is 24.7. The van der Waals surface area contributed by atoms with Crippen molar-refractivity contribution in [2.24, 2.45) is 5.41 Å². The molecule has 1 aliphatic carbocycles. The first-order valence-corrected chi connectivity index (χ1v) is 10.9. The zero-order chi connectivity index (χ0) is 23.6. The molecule has 0 radical (unpaired) electrons. The molecule has 0 bridgehead atoms. The van der Waals surface area contributed by atoms with E-state index in [1.807, 2.05) is 20.8 Å². The number of ether oxygens (including phenoxy) is 1. The number of fused-ring (bicyclic) bond motifs is 1. The van der Waals surface area contributed by atoms with E-state index in [0.717, 1.165) is 54.1 Å². The summed E-state index contributed by atoms with van der Waals surface area (Å²) in [5, 5.41) is 0. The number of carbonyl (C=O) groups is 2. The van der Waals surface area contributed by atoms with Crippen molar-refractivity contribution in [1.82, 2.24) is 0 Å². The lowest BCUT2D eigenvalue weighted by molar-refractivity contribution is -0.104. The van der Waals surface area contributed by atoms with Gasteiger partial charge >= 0.3 is 0 Å².